The van der Waals surface area contributed by atoms with Gasteiger partial charge in [-0.25, -0.2) is 9.97 Å². The Bertz CT molecular complexity index is 596. The molecule has 5 heteroatoms. The number of halogens is 1. The number of aryl methyl sites for hydroxylation is 1. The molecule has 1 aromatic carbocycles. The largest absolute Gasteiger partial charge is 0.368 e. The summed E-state index contributed by atoms with van der Waals surface area (Å²) in [4.78, 5) is 7.87. The molecule has 0 fully saturated rings. The molecule has 0 spiro atoms. The van der Waals surface area contributed by atoms with E-state index in [2.05, 4.69) is 16.0 Å². The molecule has 0 bridgehead atoms. The lowest BCUT2D eigenvalue weighted by molar-refractivity contribution is 1.19. The van der Waals surface area contributed by atoms with Crippen LogP contribution in [0.3, 0.4) is 0 Å². The Kier molecular flexibility index (Phi) is 2.94. The van der Waals surface area contributed by atoms with Crippen LogP contribution in [0.5, 0.6) is 0 Å². The minimum atomic E-state index is 0.0953. The van der Waals surface area contributed by atoms with E-state index in [4.69, 9.17) is 22.6 Å². The lowest BCUT2D eigenvalue weighted by Gasteiger charge is -2.06. The van der Waals surface area contributed by atoms with Crippen molar-refractivity contribution in [1.29, 1.82) is 5.26 Å². The van der Waals surface area contributed by atoms with Crippen LogP contribution in [0, 0.1) is 18.3 Å². The molecule has 2 N–H and O–H groups in total. The minimum Gasteiger partial charge on any atom is -0.368 e. The minimum absolute atomic E-state index is 0.0953. The first-order valence-corrected chi connectivity index (χ1v) is 5.30. The molecule has 0 saturated heterocycles. The molecule has 0 amide bonds. The number of nitrogens with zero attached hydrogens (tertiary/aromatic N) is 3. The number of nitrogens with two attached hydrogens (primary N) is 1. The summed E-state index contributed by atoms with van der Waals surface area (Å²) in [6.45, 7) is 1.87. The fourth-order valence-electron chi connectivity index (χ4n) is 1.60. The van der Waals surface area contributed by atoms with Crippen LogP contribution in [0.1, 0.15) is 11.1 Å². The number of hydrogen-bond donors (Lipinski definition) is 1. The zero-order valence-corrected chi connectivity index (χ0v) is 9.86. The van der Waals surface area contributed by atoms with E-state index in [1.54, 1.807) is 6.07 Å². The normalized spacial score (nSPS) is 9.94. The molecular formula is C12H9ClN4. The van der Waals surface area contributed by atoms with E-state index in [1.165, 1.54) is 0 Å². The van der Waals surface area contributed by atoms with Crippen LogP contribution >= 0.6 is 11.6 Å². The van der Waals surface area contributed by atoms with Crippen LogP contribution in [0.4, 0.5) is 5.95 Å². The molecule has 17 heavy (non-hydrogen) atoms. The number of rotatable bonds is 1. The summed E-state index contributed by atoms with van der Waals surface area (Å²) >= 11 is 5.82. The third kappa shape index (κ3) is 2.19. The van der Waals surface area contributed by atoms with Gasteiger partial charge < -0.3 is 5.73 Å². The maximum absolute atomic E-state index is 9.14. The molecule has 0 atom stereocenters. The molecule has 0 aliphatic carbocycles. The summed E-state index contributed by atoms with van der Waals surface area (Å²) in [5, 5.41) is 9.40. The number of nitrogen functional groups attached to an aromatic ring is 1. The molecule has 1 heterocycles. The highest BCUT2D eigenvalue weighted by atomic mass is 35.5. The van der Waals surface area contributed by atoms with E-state index in [0.29, 0.717) is 16.8 Å². The van der Waals surface area contributed by atoms with Gasteiger partial charge in [0, 0.05) is 11.6 Å². The maximum atomic E-state index is 9.14. The maximum Gasteiger partial charge on any atom is 0.221 e. The lowest BCUT2D eigenvalue weighted by atomic mass is 10.0. The van der Waals surface area contributed by atoms with Gasteiger partial charge in [-0.2, -0.15) is 5.26 Å². The Balaban J connectivity index is 2.69. The topological polar surface area (TPSA) is 75.6 Å². The van der Waals surface area contributed by atoms with Gasteiger partial charge in [0.15, 0.2) is 0 Å². The zero-order chi connectivity index (χ0) is 12.4. The van der Waals surface area contributed by atoms with Crippen LogP contribution in [-0.2, 0) is 0 Å². The zero-order valence-electron chi connectivity index (χ0n) is 9.11. The first kappa shape index (κ1) is 11.4. The molecule has 1 aromatic heterocycles. The van der Waals surface area contributed by atoms with Gasteiger partial charge in [0.1, 0.15) is 11.2 Å². The summed E-state index contributed by atoms with van der Waals surface area (Å²) in [6.07, 6.45) is 0. The van der Waals surface area contributed by atoms with Crippen molar-refractivity contribution in [2.24, 2.45) is 0 Å². The standard InChI is InChI=1S/C12H9ClN4/c1-7-3-2-4-8(9(7)6-14)10-5-11(13)17-12(15)16-10/h2-5H,1H3,(H2,15,16,17). The number of aromatic nitrogens is 2. The second kappa shape index (κ2) is 4.40. The van der Waals surface area contributed by atoms with Crippen molar-refractivity contribution < 1.29 is 0 Å². The number of anilines is 1. The quantitative estimate of drug-likeness (QED) is 0.783. The van der Waals surface area contributed by atoms with E-state index >= 15 is 0 Å². The highest BCUT2D eigenvalue weighted by Crippen LogP contribution is 2.25. The van der Waals surface area contributed by atoms with Crippen LogP contribution < -0.4 is 5.73 Å². The molecule has 0 radical (unpaired) electrons. The fourth-order valence-corrected chi connectivity index (χ4v) is 1.79. The van der Waals surface area contributed by atoms with Gasteiger partial charge in [-0.05, 0) is 12.5 Å². The molecule has 4 nitrogen and oxygen atoms in total. The van der Waals surface area contributed by atoms with Crippen LogP contribution in [-0.4, -0.2) is 9.97 Å². The predicted octanol–water partition coefficient (Wildman–Crippen LogP) is 2.56. The van der Waals surface area contributed by atoms with Gasteiger partial charge in [-0.3, -0.25) is 0 Å². The van der Waals surface area contributed by atoms with Crippen molar-refractivity contribution >= 4 is 17.5 Å². The van der Waals surface area contributed by atoms with Crippen LogP contribution in [0.2, 0.25) is 5.15 Å². The van der Waals surface area contributed by atoms with Crippen molar-refractivity contribution in [3.8, 4) is 17.3 Å². The molecule has 2 aromatic rings. The summed E-state index contributed by atoms with van der Waals surface area (Å²) in [6, 6.07) is 9.29. The first-order valence-electron chi connectivity index (χ1n) is 4.92. The van der Waals surface area contributed by atoms with Crippen molar-refractivity contribution in [2.75, 3.05) is 5.73 Å². The van der Waals surface area contributed by atoms with Crippen molar-refractivity contribution in [3.63, 3.8) is 0 Å². The molecule has 0 aliphatic rings. The van der Waals surface area contributed by atoms with E-state index in [0.717, 1.165) is 5.56 Å². The van der Waals surface area contributed by atoms with E-state index in [1.807, 2.05) is 25.1 Å². The number of hydrogen-bond acceptors (Lipinski definition) is 4. The third-order valence-corrected chi connectivity index (χ3v) is 2.57. The SMILES string of the molecule is Cc1cccc(-c2cc(Cl)nc(N)n2)c1C#N. The van der Waals surface area contributed by atoms with Gasteiger partial charge in [-0.15, -0.1) is 0 Å². The monoisotopic (exact) mass is 244 g/mol. The second-order valence-electron chi connectivity index (χ2n) is 3.54. The number of nitriles is 1. The smallest absolute Gasteiger partial charge is 0.221 e. The molecule has 0 saturated carbocycles. The molecule has 0 unspecified atom stereocenters. The van der Waals surface area contributed by atoms with Crippen molar-refractivity contribution in [2.45, 2.75) is 6.92 Å². The van der Waals surface area contributed by atoms with E-state index in [-0.39, 0.29) is 11.1 Å². The number of benzene rings is 1. The third-order valence-electron chi connectivity index (χ3n) is 2.37. The Morgan fingerprint density at radius 2 is 2.12 bits per heavy atom. The van der Waals surface area contributed by atoms with Crippen LogP contribution in [0.25, 0.3) is 11.3 Å². The Hall–Kier alpha value is -2.12. The Morgan fingerprint density at radius 1 is 1.35 bits per heavy atom. The van der Waals surface area contributed by atoms with E-state index in [9.17, 15) is 0 Å². The Morgan fingerprint density at radius 3 is 2.76 bits per heavy atom. The molecule has 84 valence electrons. The fraction of sp³-hybridized carbons (Fsp3) is 0.0833. The summed E-state index contributed by atoms with van der Waals surface area (Å²) in [7, 11) is 0. The summed E-state index contributed by atoms with van der Waals surface area (Å²) < 4.78 is 0. The van der Waals surface area contributed by atoms with Crippen molar-refractivity contribution in [1.82, 2.24) is 9.97 Å². The second-order valence-corrected chi connectivity index (χ2v) is 3.93. The molecule has 0 aliphatic heterocycles. The first-order chi connectivity index (χ1) is 8.11. The van der Waals surface area contributed by atoms with Gasteiger partial charge >= 0.3 is 0 Å². The molecular weight excluding hydrogens is 236 g/mol. The summed E-state index contributed by atoms with van der Waals surface area (Å²) in [5.41, 5.74) is 8.26. The highest BCUT2D eigenvalue weighted by Gasteiger charge is 2.10. The average Bonchev–Trinajstić information content (AvgIpc) is 2.27. The predicted molar refractivity (Wildman–Crippen MR) is 66.3 cm³/mol. The highest BCUT2D eigenvalue weighted by molar-refractivity contribution is 6.29. The van der Waals surface area contributed by atoms with Gasteiger partial charge in [-0.1, -0.05) is 29.8 Å². The van der Waals surface area contributed by atoms with Gasteiger partial charge in [0.2, 0.25) is 5.95 Å². The van der Waals surface area contributed by atoms with Gasteiger partial charge in [0.05, 0.1) is 11.3 Å². The average molecular weight is 245 g/mol. The lowest BCUT2D eigenvalue weighted by Crippen LogP contribution is -1.98. The Labute approximate surface area is 104 Å². The summed E-state index contributed by atoms with van der Waals surface area (Å²) in [5.74, 6) is 0.0953. The van der Waals surface area contributed by atoms with Crippen molar-refractivity contribution in [3.05, 3.63) is 40.5 Å². The van der Waals surface area contributed by atoms with Crippen LogP contribution in [0.15, 0.2) is 24.3 Å². The van der Waals surface area contributed by atoms with Gasteiger partial charge in [0.25, 0.3) is 0 Å². The van der Waals surface area contributed by atoms with E-state index < -0.39 is 0 Å². The molecule has 2 rings (SSSR count).